The molecule has 0 radical (unpaired) electrons. The molecule has 2 heterocycles. The Kier molecular flexibility index (Phi) is 3.61. The Balaban J connectivity index is 1.87. The molecule has 86 valence electrons. The fourth-order valence-corrected chi connectivity index (χ4v) is 2.77. The lowest BCUT2D eigenvalue weighted by molar-refractivity contribution is 0.0947. The van der Waals surface area contributed by atoms with E-state index in [2.05, 4.69) is 15.5 Å². The van der Waals surface area contributed by atoms with Crippen LogP contribution in [0.2, 0.25) is 0 Å². The van der Waals surface area contributed by atoms with Gasteiger partial charge >= 0.3 is 0 Å². The van der Waals surface area contributed by atoms with E-state index in [-0.39, 0.29) is 17.2 Å². The topological polar surface area (TPSA) is 74.8 Å². The Morgan fingerprint density at radius 3 is 3.12 bits per heavy atom. The smallest absolute Gasteiger partial charge is 0.271 e. The quantitative estimate of drug-likeness (QED) is 0.800. The van der Waals surface area contributed by atoms with Crippen LogP contribution in [0.25, 0.3) is 0 Å². The second-order valence-corrected chi connectivity index (χ2v) is 5.06. The first kappa shape index (κ1) is 11.2. The molecule has 1 aromatic rings. The summed E-state index contributed by atoms with van der Waals surface area (Å²) in [5.41, 5.74) is -0.0505. The number of amides is 1. The zero-order chi connectivity index (χ0) is 11.4. The summed E-state index contributed by atoms with van der Waals surface area (Å²) in [6.07, 6.45) is 2.38. The maximum Gasteiger partial charge on any atom is 0.271 e. The number of carbonyl (C=O) groups is 1. The van der Waals surface area contributed by atoms with Crippen molar-refractivity contribution in [1.29, 1.82) is 0 Å². The van der Waals surface area contributed by atoms with E-state index >= 15 is 0 Å². The average molecular weight is 239 g/mol. The molecule has 0 aromatic carbocycles. The summed E-state index contributed by atoms with van der Waals surface area (Å²) >= 11 is 1.89. The Morgan fingerprint density at radius 1 is 1.62 bits per heavy atom. The monoisotopic (exact) mass is 239 g/mol. The number of carbonyl (C=O) groups excluding carboxylic acids is 1. The van der Waals surface area contributed by atoms with Crippen LogP contribution in [0.4, 0.5) is 0 Å². The lowest BCUT2D eigenvalue weighted by atomic mass is 10.2. The van der Waals surface area contributed by atoms with Gasteiger partial charge in [-0.1, -0.05) is 0 Å². The number of H-pyrrole nitrogens is 1. The maximum atomic E-state index is 11.6. The van der Waals surface area contributed by atoms with E-state index in [1.165, 1.54) is 24.3 Å². The van der Waals surface area contributed by atoms with E-state index in [9.17, 15) is 9.59 Å². The van der Waals surface area contributed by atoms with Gasteiger partial charge in [0.05, 0.1) is 0 Å². The van der Waals surface area contributed by atoms with E-state index in [4.69, 9.17) is 0 Å². The molecule has 1 aliphatic heterocycles. The van der Waals surface area contributed by atoms with Crippen LogP contribution in [0.5, 0.6) is 0 Å². The standard InChI is InChI=1S/C10H13N3O2S/c14-9-4-3-8(12-13-9)10(15)11-6-7-2-1-5-16-7/h3-4,7H,1-2,5-6H2,(H,11,15)(H,13,14). The predicted octanol–water partition coefficient (Wildman–Crippen LogP) is 0.395. The number of hydrogen-bond donors (Lipinski definition) is 2. The van der Waals surface area contributed by atoms with Crippen molar-refractivity contribution in [3.63, 3.8) is 0 Å². The van der Waals surface area contributed by atoms with E-state index < -0.39 is 0 Å². The minimum absolute atomic E-state index is 0.233. The zero-order valence-electron chi connectivity index (χ0n) is 8.73. The van der Waals surface area contributed by atoms with Crippen LogP contribution in [0.1, 0.15) is 23.3 Å². The van der Waals surface area contributed by atoms with Crippen molar-refractivity contribution in [3.05, 3.63) is 28.2 Å². The molecule has 1 amide bonds. The van der Waals surface area contributed by atoms with Crippen LogP contribution in [0, 0.1) is 0 Å². The minimum Gasteiger partial charge on any atom is -0.350 e. The van der Waals surface area contributed by atoms with E-state index in [1.54, 1.807) is 0 Å². The Labute approximate surface area is 97.0 Å². The molecule has 1 fully saturated rings. The normalized spacial score (nSPS) is 19.6. The lowest BCUT2D eigenvalue weighted by Gasteiger charge is -2.09. The van der Waals surface area contributed by atoms with E-state index in [0.29, 0.717) is 11.8 Å². The number of nitrogens with one attached hydrogen (secondary N) is 2. The molecule has 6 heteroatoms. The average Bonchev–Trinajstić information content (AvgIpc) is 2.80. The highest BCUT2D eigenvalue weighted by molar-refractivity contribution is 8.00. The summed E-state index contributed by atoms with van der Waals surface area (Å²) in [6, 6.07) is 2.72. The molecule has 1 atom stereocenters. The second kappa shape index (κ2) is 5.16. The highest BCUT2D eigenvalue weighted by Crippen LogP contribution is 2.25. The molecule has 0 bridgehead atoms. The summed E-state index contributed by atoms with van der Waals surface area (Å²) < 4.78 is 0. The lowest BCUT2D eigenvalue weighted by Crippen LogP contribution is -2.31. The van der Waals surface area contributed by atoms with Gasteiger partial charge in [-0.05, 0) is 24.7 Å². The third-order valence-corrected chi connectivity index (χ3v) is 3.82. The van der Waals surface area contributed by atoms with Gasteiger partial charge in [-0.25, -0.2) is 5.10 Å². The van der Waals surface area contributed by atoms with Gasteiger partial charge in [-0.15, -0.1) is 0 Å². The van der Waals surface area contributed by atoms with Crippen molar-refractivity contribution in [1.82, 2.24) is 15.5 Å². The first-order chi connectivity index (χ1) is 7.75. The number of rotatable bonds is 3. The van der Waals surface area contributed by atoms with Gasteiger partial charge in [0, 0.05) is 17.9 Å². The predicted molar refractivity (Wildman–Crippen MR) is 62.7 cm³/mol. The number of thioether (sulfide) groups is 1. The van der Waals surface area contributed by atoms with Gasteiger partial charge in [0.15, 0.2) is 0 Å². The van der Waals surface area contributed by atoms with Gasteiger partial charge in [0.2, 0.25) is 0 Å². The van der Waals surface area contributed by atoms with Crippen LogP contribution >= 0.6 is 11.8 Å². The van der Waals surface area contributed by atoms with Crippen molar-refractivity contribution >= 4 is 17.7 Å². The van der Waals surface area contributed by atoms with Gasteiger partial charge < -0.3 is 5.32 Å². The minimum atomic E-state index is -0.303. The molecule has 1 aliphatic rings. The van der Waals surface area contributed by atoms with Crippen molar-refractivity contribution in [3.8, 4) is 0 Å². The Hall–Kier alpha value is -1.30. The van der Waals surface area contributed by atoms with Crippen LogP contribution in [-0.2, 0) is 0 Å². The van der Waals surface area contributed by atoms with E-state index in [0.717, 1.165) is 6.42 Å². The van der Waals surface area contributed by atoms with Gasteiger partial charge in [0.25, 0.3) is 11.5 Å². The molecule has 2 rings (SSSR count). The highest BCUT2D eigenvalue weighted by Gasteiger charge is 2.16. The molecule has 1 aromatic heterocycles. The number of aromatic amines is 1. The van der Waals surface area contributed by atoms with Crippen LogP contribution in [0.3, 0.4) is 0 Å². The molecule has 16 heavy (non-hydrogen) atoms. The van der Waals surface area contributed by atoms with Crippen LogP contribution < -0.4 is 10.9 Å². The summed E-state index contributed by atoms with van der Waals surface area (Å²) in [6.45, 7) is 0.671. The SMILES string of the molecule is O=C(NCC1CCCS1)c1ccc(=O)[nH]n1. The molecular formula is C10H13N3O2S. The Bertz CT molecular complexity index is 406. The summed E-state index contributed by atoms with van der Waals surface area (Å²) in [5.74, 6) is 0.945. The van der Waals surface area contributed by atoms with Crippen molar-refractivity contribution in [2.75, 3.05) is 12.3 Å². The third-order valence-electron chi connectivity index (χ3n) is 2.43. The summed E-state index contributed by atoms with van der Waals surface area (Å²) in [4.78, 5) is 22.4. The van der Waals surface area contributed by atoms with Crippen LogP contribution in [-0.4, -0.2) is 33.7 Å². The molecule has 2 N–H and O–H groups in total. The number of hydrogen-bond acceptors (Lipinski definition) is 4. The first-order valence-corrected chi connectivity index (χ1v) is 6.26. The molecule has 5 nitrogen and oxygen atoms in total. The second-order valence-electron chi connectivity index (χ2n) is 3.65. The molecule has 1 unspecified atom stereocenters. The molecule has 1 saturated heterocycles. The van der Waals surface area contributed by atoms with E-state index in [1.807, 2.05) is 11.8 Å². The van der Waals surface area contributed by atoms with Crippen LogP contribution in [0.15, 0.2) is 16.9 Å². The van der Waals surface area contributed by atoms with Crippen molar-refractivity contribution in [2.45, 2.75) is 18.1 Å². The number of aromatic nitrogens is 2. The van der Waals surface area contributed by atoms with Gasteiger partial charge in [-0.2, -0.15) is 16.9 Å². The third kappa shape index (κ3) is 2.85. The van der Waals surface area contributed by atoms with Gasteiger partial charge in [0.1, 0.15) is 5.69 Å². The fourth-order valence-electron chi connectivity index (χ4n) is 1.57. The molecule has 0 aliphatic carbocycles. The zero-order valence-corrected chi connectivity index (χ0v) is 9.55. The van der Waals surface area contributed by atoms with Crippen molar-refractivity contribution in [2.24, 2.45) is 0 Å². The number of nitrogens with zero attached hydrogens (tertiary/aromatic N) is 1. The fraction of sp³-hybridized carbons (Fsp3) is 0.500. The molecule has 0 spiro atoms. The molecule has 0 saturated carbocycles. The Morgan fingerprint density at radius 2 is 2.50 bits per heavy atom. The van der Waals surface area contributed by atoms with Gasteiger partial charge in [-0.3, -0.25) is 9.59 Å². The molecular weight excluding hydrogens is 226 g/mol. The summed E-state index contributed by atoms with van der Waals surface area (Å²) in [5, 5.41) is 9.24. The summed E-state index contributed by atoms with van der Waals surface area (Å²) in [7, 11) is 0. The maximum absolute atomic E-state index is 11.6. The van der Waals surface area contributed by atoms with Crippen molar-refractivity contribution < 1.29 is 4.79 Å². The largest absolute Gasteiger partial charge is 0.350 e. The first-order valence-electron chi connectivity index (χ1n) is 5.21. The highest BCUT2D eigenvalue weighted by atomic mass is 32.2.